The number of carbonyl (C=O) groups excluding carboxylic acids is 1. The highest BCUT2D eigenvalue weighted by atomic mass is 16.1. The van der Waals surface area contributed by atoms with Crippen LogP contribution < -0.4 is 0 Å². The van der Waals surface area contributed by atoms with Gasteiger partial charge in [0, 0.05) is 6.08 Å². The van der Waals surface area contributed by atoms with E-state index in [4.69, 9.17) is 0 Å². The maximum absolute atomic E-state index is 9.64. The van der Waals surface area contributed by atoms with E-state index in [9.17, 15) is 4.79 Å². The Morgan fingerprint density at radius 2 is 2.10 bits per heavy atom. The number of hydrogen-bond donors (Lipinski definition) is 0. The van der Waals surface area contributed by atoms with Gasteiger partial charge in [0.25, 0.3) is 0 Å². The summed E-state index contributed by atoms with van der Waals surface area (Å²) in [7, 11) is 0. The minimum absolute atomic E-state index is 0.895. The molecule has 0 amide bonds. The van der Waals surface area contributed by atoms with Crippen LogP contribution in [0.15, 0.2) is 30.4 Å². The Morgan fingerprint density at radius 3 is 2.70 bits per heavy atom. The Morgan fingerprint density at radius 1 is 1.30 bits per heavy atom. The molecule has 10 heavy (non-hydrogen) atoms. The van der Waals surface area contributed by atoms with Crippen LogP contribution in [0, 0.1) is 0 Å². The molecule has 0 saturated carbocycles. The third-order valence-electron chi connectivity index (χ3n) is 0.975. The number of hydrogen-bond acceptors (Lipinski definition) is 1. The van der Waals surface area contributed by atoms with E-state index in [1.807, 2.05) is 6.08 Å². The van der Waals surface area contributed by atoms with Crippen molar-refractivity contribution in [2.24, 2.45) is 0 Å². The van der Waals surface area contributed by atoms with Gasteiger partial charge in [-0.2, -0.15) is 0 Å². The summed E-state index contributed by atoms with van der Waals surface area (Å²) in [4.78, 5) is 9.64. The summed E-state index contributed by atoms with van der Waals surface area (Å²) in [6, 6.07) is 0. The number of rotatable bonds is 4. The molecule has 0 radical (unpaired) electrons. The van der Waals surface area contributed by atoms with Crippen molar-refractivity contribution in [1.82, 2.24) is 0 Å². The Balaban J connectivity index is 3.35. The lowest BCUT2D eigenvalue weighted by atomic mass is 10.3. The van der Waals surface area contributed by atoms with Gasteiger partial charge in [0.2, 0.25) is 0 Å². The smallest absolute Gasteiger partial charge is 0.124 e. The predicted molar refractivity (Wildman–Crippen MR) is 43.5 cm³/mol. The first kappa shape index (κ1) is 8.93. The molecule has 0 N–H and O–H groups in total. The van der Waals surface area contributed by atoms with Crippen LogP contribution in [-0.4, -0.2) is 5.94 Å². The highest BCUT2D eigenvalue weighted by Crippen LogP contribution is 1.87. The molecule has 0 unspecified atom stereocenters. The second-order valence-corrected chi connectivity index (χ2v) is 1.83. The summed E-state index contributed by atoms with van der Waals surface area (Å²) < 4.78 is 0. The van der Waals surface area contributed by atoms with Gasteiger partial charge in [-0.05, 0) is 12.8 Å². The summed E-state index contributed by atoms with van der Waals surface area (Å²) >= 11 is 0. The van der Waals surface area contributed by atoms with Crippen molar-refractivity contribution in [2.45, 2.75) is 19.8 Å². The van der Waals surface area contributed by atoms with Crippen molar-refractivity contribution in [3.63, 3.8) is 0 Å². The topological polar surface area (TPSA) is 17.1 Å². The van der Waals surface area contributed by atoms with Crippen molar-refractivity contribution in [3.05, 3.63) is 30.4 Å². The first-order chi connectivity index (χ1) is 4.91. The lowest BCUT2D eigenvalue weighted by Gasteiger charge is -1.77. The highest BCUT2D eigenvalue weighted by Gasteiger charge is 1.67. The summed E-state index contributed by atoms with van der Waals surface area (Å²) in [6.07, 6.45) is 11.1. The van der Waals surface area contributed by atoms with Gasteiger partial charge in [-0.15, -0.1) is 0 Å². The minimum atomic E-state index is 0.895. The Kier molecular flexibility index (Phi) is 7.08. The van der Waals surface area contributed by atoms with E-state index in [1.165, 1.54) is 6.08 Å². The van der Waals surface area contributed by atoms with Gasteiger partial charge in [0.1, 0.15) is 5.94 Å². The molecule has 0 saturated heterocycles. The maximum Gasteiger partial charge on any atom is 0.124 e. The molecule has 1 nitrogen and oxygen atoms in total. The Labute approximate surface area is 61.8 Å². The van der Waals surface area contributed by atoms with Gasteiger partial charge in [0.05, 0.1) is 0 Å². The zero-order chi connectivity index (χ0) is 7.66. The minimum Gasteiger partial charge on any atom is -0.234 e. The van der Waals surface area contributed by atoms with Crippen molar-refractivity contribution in [1.29, 1.82) is 0 Å². The third-order valence-corrected chi connectivity index (χ3v) is 0.975. The van der Waals surface area contributed by atoms with Crippen LogP contribution >= 0.6 is 0 Å². The quantitative estimate of drug-likeness (QED) is 0.329. The maximum atomic E-state index is 9.64. The second kappa shape index (κ2) is 7.93. The summed E-state index contributed by atoms with van der Waals surface area (Å²) in [5, 5.41) is 0. The molecule has 0 aromatic carbocycles. The van der Waals surface area contributed by atoms with Gasteiger partial charge in [-0.3, -0.25) is 0 Å². The van der Waals surface area contributed by atoms with Crippen LogP contribution in [0.2, 0.25) is 0 Å². The van der Waals surface area contributed by atoms with Crippen LogP contribution in [0.25, 0.3) is 0 Å². The fourth-order valence-electron chi connectivity index (χ4n) is 0.527. The van der Waals surface area contributed by atoms with E-state index >= 15 is 0 Å². The van der Waals surface area contributed by atoms with E-state index in [-0.39, 0.29) is 0 Å². The van der Waals surface area contributed by atoms with Crippen LogP contribution in [0.3, 0.4) is 0 Å². The summed E-state index contributed by atoms with van der Waals surface area (Å²) in [5.74, 6) is 1.67. The van der Waals surface area contributed by atoms with Crippen molar-refractivity contribution in [2.75, 3.05) is 0 Å². The van der Waals surface area contributed by atoms with Crippen molar-refractivity contribution >= 4 is 5.94 Å². The molecule has 0 heterocycles. The standard InChI is InChI=1S/C9H12O/c1-2-3-4-5-6-7-8-9-10/h3-4,6-8H,2,5H2,1H3/b4-3-,7-6-. The first-order valence-corrected chi connectivity index (χ1v) is 3.42. The van der Waals surface area contributed by atoms with Crippen molar-refractivity contribution in [3.8, 4) is 0 Å². The average Bonchev–Trinajstić information content (AvgIpc) is 1.97. The molecule has 0 fully saturated rings. The molecule has 0 aliphatic carbocycles. The molecule has 0 bridgehead atoms. The third kappa shape index (κ3) is 6.93. The van der Waals surface area contributed by atoms with E-state index in [0.29, 0.717) is 0 Å². The predicted octanol–water partition coefficient (Wildman–Crippen LogP) is 2.29. The lowest BCUT2D eigenvalue weighted by Crippen LogP contribution is -1.58. The zero-order valence-corrected chi connectivity index (χ0v) is 6.21. The average molecular weight is 136 g/mol. The van der Waals surface area contributed by atoms with Crippen LogP contribution in [0.4, 0.5) is 0 Å². The fourth-order valence-corrected chi connectivity index (χ4v) is 0.527. The normalized spacial score (nSPS) is 10.5. The lowest BCUT2D eigenvalue weighted by molar-refractivity contribution is 0.569. The molecular formula is C9H12O. The van der Waals surface area contributed by atoms with E-state index in [1.54, 1.807) is 12.0 Å². The first-order valence-electron chi connectivity index (χ1n) is 3.42. The molecule has 0 rings (SSSR count). The Bertz CT molecular complexity index is 160. The molecule has 0 aliphatic heterocycles. The van der Waals surface area contributed by atoms with Gasteiger partial charge >= 0.3 is 0 Å². The number of allylic oxidation sites excluding steroid dienone is 5. The molecular weight excluding hydrogens is 124 g/mol. The van der Waals surface area contributed by atoms with E-state index in [2.05, 4.69) is 19.1 Å². The van der Waals surface area contributed by atoms with Crippen LogP contribution in [-0.2, 0) is 4.79 Å². The van der Waals surface area contributed by atoms with Gasteiger partial charge in [-0.25, -0.2) is 4.79 Å². The molecule has 1 heteroatoms. The second-order valence-electron chi connectivity index (χ2n) is 1.83. The molecule has 0 atom stereocenters. The Hall–Kier alpha value is -1.07. The summed E-state index contributed by atoms with van der Waals surface area (Å²) in [6.45, 7) is 2.09. The van der Waals surface area contributed by atoms with E-state index in [0.717, 1.165) is 12.8 Å². The largest absolute Gasteiger partial charge is 0.234 e. The molecule has 0 aromatic heterocycles. The summed E-state index contributed by atoms with van der Waals surface area (Å²) in [5.41, 5.74) is 0. The molecule has 0 aliphatic rings. The van der Waals surface area contributed by atoms with Crippen LogP contribution in [0.1, 0.15) is 19.8 Å². The SMILES string of the molecule is CC/C=C\C/C=C\C=C=O. The van der Waals surface area contributed by atoms with E-state index < -0.39 is 0 Å². The molecule has 0 aromatic rings. The highest BCUT2D eigenvalue weighted by molar-refractivity contribution is 5.48. The van der Waals surface area contributed by atoms with Gasteiger partial charge < -0.3 is 0 Å². The van der Waals surface area contributed by atoms with Crippen LogP contribution in [0.5, 0.6) is 0 Å². The molecule has 54 valence electrons. The van der Waals surface area contributed by atoms with Gasteiger partial charge in [0.15, 0.2) is 0 Å². The zero-order valence-electron chi connectivity index (χ0n) is 6.21. The van der Waals surface area contributed by atoms with Crippen molar-refractivity contribution < 1.29 is 4.79 Å². The van der Waals surface area contributed by atoms with Gasteiger partial charge in [-0.1, -0.05) is 31.2 Å². The fraction of sp³-hybridized carbons (Fsp3) is 0.333. The molecule has 0 spiro atoms. The monoisotopic (exact) mass is 136 g/mol.